The lowest BCUT2D eigenvalue weighted by Crippen LogP contribution is -2.03. The Morgan fingerprint density at radius 2 is 1.67 bits per heavy atom. The van der Waals surface area contributed by atoms with E-state index in [9.17, 15) is 4.79 Å². The lowest BCUT2D eigenvalue weighted by atomic mass is 10.1. The van der Waals surface area contributed by atoms with Crippen molar-refractivity contribution in [3.05, 3.63) is 54.4 Å². The Labute approximate surface area is 159 Å². The largest absolute Gasteiger partial charge is 0.466 e. The summed E-state index contributed by atoms with van der Waals surface area (Å²) in [6.07, 6.45) is 4.40. The number of aromatic nitrogens is 2. The number of ether oxygens (including phenoxy) is 1. The lowest BCUT2D eigenvalue weighted by molar-refractivity contribution is -0.143. The smallest absolute Gasteiger partial charge is 0.305 e. The number of rotatable bonds is 7. The van der Waals surface area contributed by atoms with E-state index in [0.29, 0.717) is 24.4 Å². The van der Waals surface area contributed by atoms with Gasteiger partial charge in [-0.2, -0.15) is 0 Å². The minimum absolute atomic E-state index is 0.0914. The van der Waals surface area contributed by atoms with Gasteiger partial charge < -0.3 is 21.2 Å². The zero-order valence-corrected chi connectivity index (χ0v) is 15.8. The first-order valence-corrected chi connectivity index (χ1v) is 9.29. The quantitative estimate of drug-likeness (QED) is 0.331. The van der Waals surface area contributed by atoms with E-state index in [-0.39, 0.29) is 5.97 Å². The number of H-pyrrole nitrogens is 1. The van der Waals surface area contributed by atoms with E-state index in [2.05, 4.69) is 9.97 Å². The minimum atomic E-state index is -0.0914. The summed E-state index contributed by atoms with van der Waals surface area (Å²) >= 11 is 0. The van der Waals surface area contributed by atoms with Gasteiger partial charge in [0.1, 0.15) is 5.82 Å². The van der Waals surface area contributed by atoms with Crippen LogP contribution in [0.3, 0.4) is 0 Å². The monoisotopic (exact) mass is 368 g/mol. The van der Waals surface area contributed by atoms with Crippen molar-refractivity contribution in [1.29, 1.82) is 0 Å². The second kappa shape index (κ2) is 10.9. The molecule has 0 bridgehead atoms. The number of benzene rings is 2. The van der Waals surface area contributed by atoms with Crippen LogP contribution in [0.25, 0.3) is 11.0 Å². The molecule has 2 aromatic carbocycles. The molecule has 0 unspecified atom stereocenters. The number of carbonyl (C=O) groups excluding carboxylic acids is 1. The molecule has 0 fully saturated rings. The van der Waals surface area contributed by atoms with E-state index in [4.69, 9.17) is 16.2 Å². The SMILES string of the molecule is CCOC(=O)CCCCCc1nc2ccccc2[nH]1.Nc1ccccc1N. The fourth-order valence-electron chi connectivity index (χ4n) is 2.61. The van der Waals surface area contributed by atoms with Gasteiger partial charge in [0.05, 0.1) is 29.0 Å². The van der Waals surface area contributed by atoms with Gasteiger partial charge in [0.25, 0.3) is 0 Å². The summed E-state index contributed by atoms with van der Waals surface area (Å²) in [5.74, 6) is 0.934. The topological polar surface area (TPSA) is 107 Å². The molecule has 0 atom stereocenters. The summed E-state index contributed by atoms with van der Waals surface area (Å²) in [4.78, 5) is 19.0. The van der Waals surface area contributed by atoms with Crippen molar-refractivity contribution in [2.45, 2.75) is 39.0 Å². The summed E-state index contributed by atoms with van der Waals surface area (Å²) in [5.41, 5.74) is 14.2. The van der Waals surface area contributed by atoms with Gasteiger partial charge in [-0.1, -0.05) is 30.7 Å². The number of anilines is 2. The molecule has 6 heteroatoms. The Bertz CT molecular complexity index is 791. The number of fused-ring (bicyclic) bond motifs is 1. The Morgan fingerprint density at radius 3 is 2.30 bits per heavy atom. The third kappa shape index (κ3) is 7.01. The third-order valence-electron chi connectivity index (χ3n) is 4.03. The maximum atomic E-state index is 11.2. The zero-order valence-electron chi connectivity index (χ0n) is 15.8. The molecule has 0 spiro atoms. The molecule has 0 radical (unpaired) electrons. The standard InChI is InChI=1S/C15H20N2O2.C6H8N2/c1-2-19-15(18)11-5-3-4-10-14-16-12-8-6-7-9-13(12)17-14;7-5-3-1-2-4-6(5)8/h6-9H,2-5,10-11H2,1H3,(H,16,17);1-4H,7-8H2. The highest BCUT2D eigenvalue weighted by Gasteiger charge is 2.03. The van der Waals surface area contributed by atoms with Crippen molar-refractivity contribution in [2.75, 3.05) is 18.1 Å². The molecule has 0 aliphatic rings. The van der Waals surface area contributed by atoms with Gasteiger partial charge in [0, 0.05) is 12.8 Å². The lowest BCUT2D eigenvalue weighted by Gasteiger charge is -2.01. The highest BCUT2D eigenvalue weighted by atomic mass is 16.5. The number of carbonyl (C=O) groups is 1. The van der Waals surface area contributed by atoms with Gasteiger partial charge in [-0.3, -0.25) is 4.79 Å². The summed E-state index contributed by atoms with van der Waals surface area (Å²) < 4.78 is 4.89. The summed E-state index contributed by atoms with van der Waals surface area (Å²) in [5, 5.41) is 0. The van der Waals surface area contributed by atoms with Crippen LogP contribution in [-0.2, 0) is 16.0 Å². The number of nitrogen functional groups attached to an aromatic ring is 2. The van der Waals surface area contributed by atoms with Gasteiger partial charge in [0.2, 0.25) is 0 Å². The molecule has 0 amide bonds. The van der Waals surface area contributed by atoms with E-state index in [0.717, 1.165) is 42.5 Å². The van der Waals surface area contributed by atoms with Crippen LogP contribution in [-0.4, -0.2) is 22.5 Å². The van der Waals surface area contributed by atoms with Crippen molar-refractivity contribution in [2.24, 2.45) is 0 Å². The molecular weight excluding hydrogens is 340 g/mol. The number of esters is 1. The summed E-state index contributed by atoms with van der Waals surface area (Å²) in [7, 11) is 0. The van der Waals surface area contributed by atoms with Crippen LogP contribution < -0.4 is 11.5 Å². The number of hydrogen-bond donors (Lipinski definition) is 3. The minimum Gasteiger partial charge on any atom is -0.466 e. The number of imidazole rings is 1. The van der Waals surface area contributed by atoms with Crippen molar-refractivity contribution >= 4 is 28.4 Å². The molecule has 3 aromatic rings. The summed E-state index contributed by atoms with van der Waals surface area (Å²) in [6, 6.07) is 15.3. The molecule has 0 aliphatic carbocycles. The van der Waals surface area contributed by atoms with Crippen LogP contribution >= 0.6 is 0 Å². The first-order chi connectivity index (χ1) is 13.1. The predicted octanol–water partition coefficient (Wildman–Crippen LogP) is 4.08. The molecule has 0 saturated carbocycles. The maximum Gasteiger partial charge on any atom is 0.305 e. The number of aromatic amines is 1. The molecule has 0 saturated heterocycles. The molecule has 0 aliphatic heterocycles. The van der Waals surface area contributed by atoms with Crippen LogP contribution in [0, 0.1) is 0 Å². The van der Waals surface area contributed by atoms with E-state index in [1.54, 1.807) is 12.1 Å². The van der Waals surface area contributed by atoms with Gasteiger partial charge in [-0.25, -0.2) is 4.98 Å². The predicted molar refractivity (Wildman–Crippen MR) is 110 cm³/mol. The fourth-order valence-corrected chi connectivity index (χ4v) is 2.61. The Morgan fingerprint density at radius 1 is 1.00 bits per heavy atom. The molecule has 6 nitrogen and oxygen atoms in total. The van der Waals surface area contributed by atoms with Crippen molar-refractivity contribution in [1.82, 2.24) is 9.97 Å². The molecular formula is C21H28N4O2. The molecule has 3 rings (SSSR count). The Balaban J connectivity index is 0.000000273. The van der Waals surface area contributed by atoms with Crippen LogP contribution in [0.5, 0.6) is 0 Å². The molecule has 27 heavy (non-hydrogen) atoms. The number of hydrogen-bond acceptors (Lipinski definition) is 5. The van der Waals surface area contributed by atoms with Crippen molar-refractivity contribution in [3.8, 4) is 0 Å². The molecule has 5 N–H and O–H groups in total. The molecule has 1 heterocycles. The first-order valence-electron chi connectivity index (χ1n) is 9.29. The molecule has 144 valence electrons. The Kier molecular flexibility index (Phi) is 8.16. The maximum absolute atomic E-state index is 11.2. The summed E-state index contributed by atoms with van der Waals surface area (Å²) in [6.45, 7) is 2.30. The van der Waals surface area contributed by atoms with Crippen molar-refractivity contribution in [3.63, 3.8) is 0 Å². The number of unbranched alkanes of at least 4 members (excludes halogenated alkanes) is 2. The van der Waals surface area contributed by atoms with Crippen molar-refractivity contribution < 1.29 is 9.53 Å². The average Bonchev–Trinajstić information content (AvgIpc) is 3.07. The Hall–Kier alpha value is -3.02. The van der Waals surface area contributed by atoms with Crippen LogP contribution in [0.4, 0.5) is 11.4 Å². The van der Waals surface area contributed by atoms with E-state index in [1.165, 1.54) is 0 Å². The van der Waals surface area contributed by atoms with Gasteiger partial charge in [-0.05, 0) is 44.0 Å². The van der Waals surface area contributed by atoms with Crippen LogP contribution in [0.1, 0.15) is 38.4 Å². The van der Waals surface area contributed by atoms with Gasteiger partial charge in [0.15, 0.2) is 0 Å². The fraction of sp³-hybridized carbons (Fsp3) is 0.333. The van der Waals surface area contributed by atoms with Gasteiger partial charge in [-0.15, -0.1) is 0 Å². The van der Waals surface area contributed by atoms with Gasteiger partial charge >= 0.3 is 5.97 Å². The molecule has 1 aromatic heterocycles. The normalized spacial score (nSPS) is 10.3. The number of nitrogens with zero attached hydrogens (tertiary/aromatic N) is 1. The second-order valence-electron chi connectivity index (χ2n) is 6.20. The van der Waals surface area contributed by atoms with Crippen LogP contribution in [0.15, 0.2) is 48.5 Å². The number of nitrogens with one attached hydrogen (secondary N) is 1. The van der Waals surface area contributed by atoms with E-state index >= 15 is 0 Å². The third-order valence-corrected chi connectivity index (χ3v) is 4.03. The number of para-hydroxylation sites is 4. The highest BCUT2D eigenvalue weighted by Crippen LogP contribution is 2.13. The average molecular weight is 368 g/mol. The van der Waals surface area contributed by atoms with E-state index < -0.39 is 0 Å². The second-order valence-corrected chi connectivity index (χ2v) is 6.20. The zero-order chi connectivity index (χ0) is 19.5. The first kappa shape index (κ1) is 20.3. The highest BCUT2D eigenvalue weighted by molar-refractivity contribution is 5.74. The number of aryl methyl sites for hydroxylation is 1. The van der Waals surface area contributed by atoms with Crippen LogP contribution in [0.2, 0.25) is 0 Å². The van der Waals surface area contributed by atoms with E-state index in [1.807, 2.05) is 43.3 Å². The number of nitrogens with two attached hydrogens (primary N) is 2.